The third kappa shape index (κ3) is 11.3. The van der Waals surface area contributed by atoms with Crippen LogP contribution < -0.4 is 0 Å². The zero-order valence-corrected chi connectivity index (χ0v) is 13.7. The summed E-state index contributed by atoms with van der Waals surface area (Å²) in [5.41, 5.74) is 0. The third-order valence-corrected chi connectivity index (χ3v) is 3.19. The van der Waals surface area contributed by atoms with Gasteiger partial charge in [-0.25, -0.2) is 0 Å². The fourth-order valence-corrected chi connectivity index (χ4v) is 2.22. The van der Waals surface area contributed by atoms with Gasteiger partial charge in [-0.3, -0.25) is 4.79 Å². The normalized spacial score (nSPS) is 21.2. The largest absolute Gasteiger partial charge is 0.481 e. The maximum atomic E-state index is 10.9. The van der Waals surface area contributed by atoms with Crippen LogP contribution in [0.2, 0.25) is 6.32 Å². The van der Waals surface area contributed by atoms with Crippen LogP contribution >= 0.6 is 0 Å². The lowest BCUT2D eigenvalue weighted by Crippen LogP contribution is -2.34. The highest BCUT2D eigenvalue weighted by atomic mass is 16.4. The van der Waals surface area contributed by atoms with E-state index in [1.807, 2.05) is 27.9 Å². The van der Waals surface area contributed by atoms with E-state index in [4.69, 9.17) is 15.2 Å². The topological polar surface area (TPSA) is 81.0 Å². The average Bonchev–Trinajstić information content (AvgIpc) is 2.41. The molecule has 0 aliphatic heterocycles. The smallest absolute Gasteiger partial charge is 0.451 e. The SMILES string of the molecule is CC.CCB(O)O.CN(C)C[C@@H]1CCCC[C@@H]1C(=O)O. The van der Waals surface area contributed by atoms with Crippen molar-refractivity contribution in [3.05, 3.63) is 0 Å². The molecule has 1 rings (SSSR count). The number of aliphatic carboxylic acids is 1. The van der Waals surface area contributed by atoms with Crippen LogP contribution in [0.1, 0.15) is 46.5 Å². The zero-order valence-electron chi connectivity index (χ0n) is 13.7. The van der Waals surface area contributed by atoms with E-state index in [1.54, 1.807) is 6.92 Å². The predicted octanol–water partition coefficient (Wildman–Crippen LogP) is 1.94. The van der Waals surface area contributed by atoms with Crippen molar-refractivity contribution in [2.24, 2.45) is 11.8 Å². The minimum absolute atomic E-state index is 0.101. The molecule has 0 aromatic carbocycles. The van der Waals surface area contributed by atoms with E-state index in [0.717, 1.165) is 25.8 Å². The molecule has 0 spiro atoms. The van der Waals surface area contributed by atoms with Crippen molar-refractivity contribution in [1.29, 1.82) is 0 Å². The molecule has 5 nitrogen and oxygen atoms in total. The first kappa shape index (κ1) is 21.7. The lowest BCUT2D eigenvalue weighted by molar-refractivity contribution is -0.145. The second-order valence-corrected chi connectivity index (χ2v) is 5.14. The van der Waals surface area contributed by atoms with Crippen molar-refractivity contribution in [2.45, 2.75) is 52.8 Å². The lowest BCUT2D eigenvalue weighted by atomic mass is 9.79. The Hall–Kier alpha value is -0.585. The molecule has 6 heteroatoms. The first-order valence-electron chi connectivity index (χ1n) is 7.62. The number of rotatable bonds is 4. The van der Waals surface area contributed by atoms with Crippen LogP contribution in [0.15, 0.2) is 0 Å². The summed E-state index contributed by atoms with van der Waals surface area (Å²) < 4.78 is 0. The number of carbonyl (C=O) groups is 1. The first-order valence-corrected chi connectivity index (χ1v) is 7.62. The summed E-state index contributed by atoms with van der Waals surface area (Å²) in [6, 6.07) is 0. The van der Waals surface area contributed by atoms with Gasteiger partial charge in [-0.15, -0.1) is 0 Å². The van der Waals surface area contributed by atoms with E-state index < -0.39 is 13.1 Å². The van der Waals surface area contributed by atoms with Crippen molar-refractivity contribution < 1.29 is 19.9 Å². The van der Waals surface area contributed by atoms with E-state index in [1.165, 1.54) is 6.42 Å². The number of carboxylic acid groups (broad SMARTS) is 1. The van der Waals surface area contributed by atoms with Gasteiger partial charge in [-0.2, -0.15) is 0 Å². The van der Waals surface area contributed by atoms with Crippen molar-refractivity contribution in [1.82, 2.24) is 4.90 Å². The Morgan fingerprint density at radius 1 is 1.20 bits per heavy atom. The van der Waals surface area contributed by atoms with Crippen LogP contribution in [0.25, 0.3) is 0 Å². The standard InChI is InChI=1S/C10H19NO2.C2H7BO2.C2H6/c1-11(2)7-8-5-3-4-6-9(8)10(12)13;1-2-3(4)5;1-2/h8-9H,3-7H2,1-2H3,(H,12,13);4-5H,2H2,1H3;1-2H3/t8-,9-;;/m0../s1. The summed E-state index contributed by atoms with van der Waals surface area (Å²) in [6.45, 7) is 6.61. The average molecular weight is 289 g/mol. The van der Waals surface area contributed by atoms with E-state index in [9.17, 15) is 4.79 Å². The fraction of sp³-hybridized carbons (Fsp3) is 0.929. The molecule has 120 valence electrons. The molecule has 0 heterocycles. The Balaban J connectivity index is 0. The van der Waals surface area contributed by atoms with Crippen LogP contribution in [-0.4, -0.2) is 53.8 Å². The van der Waals surface area contributed by atoms with Gasteiger partial charge >= 0.3 is 13.1 Å². The van der Waals surface area contributed by atoms with Gasteiger partial charge in [0, 0.05) is 6.54 Å². The van der Waals surface area contributed by atoms with Crippen LogP contribution in [0.4, 0.5) is 0 Å². The molecular weight excluding hydrogens is 257 g/mol. The minimum atomic E-state index is -1.12. The molecule has 0 bridgehead atoms. The van der Waals surface area contributed by atoms with Gasteiger partial charge in [0.05, 0.1) is 5.92 Å². The molecule has 1 aliphatic rings. The van der Waals surface area contributed by atoms with Crippen molar-refractivity contribution in [3.8, 4) is 0 Å². The quantitative estimate of drug-likeness (QED) is 0.689. The molecule has 20 heavy (non-hydrogen) atoms. The minimum Gasteiger partial charge on any atom is -0.481 e. The molecule has 0 unspecified atom stereocenters. The highest BCUT2D eigenvalue weighted by Gasteiger charge is 2.30. The zero-order chi connectivity index (χ0) is 16.1. The summed E-state index contributed by atoms with van der Waals surface area (Å²) in [7, 11) is 2.90. The van der Waals surface area contributed by atoms with E-state index in [-0.39, 0.29) is 5.92 Å². The van der Waals surface area contributed by atoms with Crippen LogP contribution in [-0.2, 0) is 4.79 Å². The van der Waals surface area contributed by atoms with Gasteiger partial charge in [-0.05, 0) is 39.2 Å². The summed E-state index contributed by atoms with van der Waals surface area (Å²) >= 11 is 0. The van der Waals surface area contributed by atoms with Crippen molar-refractivity contribution in [2.75, 3.05) is 20.6 Å². The Morgan fingerprint density at radius 2 is 1.65 bits per heavy atom. The number of nitrogens with zero attached hydrogens (tertiary/aromatic N) is 1. The Kier molecular flexibility index (Phi) is 14.5. The molecule has 2 atom stereocenters. The molecule has 3 N–H and O–H groups in total. The fourth-order valence-electron chi connectivity index (χ4n) is 2.22. The monoisotopic (exact) mass is 289 g/mol. The summed E-state index contributed by atoms with van der Waals surface area (Å²) in [4.78, 5) is 13.0. The Morgan fingerprint density at radius 3 is 2.00 bits per heavy atom. The molecule has 0 aromatic heterocycles. The molecule has 0 aromatic rings. The highest BCUT2D eigenvalue weighted by Crippen LogP contribution is 2.30. The summed E-state index contributed by atoms with van der Waals surface area (Å²) in [6.07, 6.45) is 4.65. The van der Waals surface area contributed by atoms with Gasteiger partial charge in [0.1, 0.15) is 0 Å². The van der Waals surface area contributed by atoms with Gasteiger partial charge in [-0.1, -0.05) is 33.6 Å². The summed E-state index contributed by atoms with van der Waals surface area (Å²) in [5.74, 6) is -0.344. The van der Waals surface area contributed by atoms with Crippen LogP contribution in [0, 0.1) is 11.8 Å². The van der Waals surface area contributed by atoms with Gasteiger partial charge in [0.15, 0.2) is 0 Å². The molecule has 0 radical (unpaired) electrons. The summed E-state index contributed by atoms with van der Waals surface area (Å²) in [5, 5.41) is 24.8. The van der Waals surface area contributed by atoms with E-state index in [0.29, 0.717) is 12.2 Å². The Bertz CT molecular complexity index is 237. The second kappa shape index (κ2) is 13.4. The molecule has 0 amide bonds. The van der Waals surface area contributed by atoms with Gasteiger partial charge in [0.2, 0.25) is 0 Å². The predicted molar refractivity (Wildman–Crippen MR) is 83.7 cm³/mol. The van der Waals surface area contributed by atoms with Gasteiger partial charge < -0.3 is 20.1 Å². The number of carboxylic acids is 1. The van der Waals surface area contributed by atoms with E-state index in [2.05, 4.69) is 4.90 Å². The van der Waals surface area contributed by atoms with Crippen LogP contribution in [0.5, 0.6) is 0 Å². The van der Waals surface area contributed by atoms with E-state index >= 15 is 0 Å². The van der Waals surface area contributed by atoms with Crippen LogP contribution in [0.3, 0.4) is 0 Å². The molecule has 0 saturated heterocycles. The molecule has 1 aliphatic carbocycles. The third-order valence-electron chi connectivity index (χ3n) is 3.19. The number of hydrogen-bond donors (Lipinski definition) is 3. The highest BCUT2D eigenvalue weighted by molar-refractivity contribution is 6.40. The molecular formula is C14H32BNO4. The maximum absolute atomic E-state index is 10.9. The van der Waals surface area contributed by atoms with Crippen molar-refractivity contribution in [3.63, 3.8) is 0 Å². The molecule has 1 fully saturated rings. The first-order chi connectivity index (χ1) is 9.38. The number of hydrogen-bond acceptors (Lipinski definition) is 4. The maximum Gasteiger partial charge on any atom is 0.451 e. The van der Waals surface area contributed by atoms with Crippen molar-refractivity contribution >= 4 is 13.1 Å². The molecule has 1 saturated carbocycles. The lowest BCUT2D eigenvalue weighted by Gasteiger charge is -2.30. The second-order valence-electron chi connectivity index (χ2n) is 5.14. The van der Waals surface area contributed by atoms with Gasteiger partial charge in [0.25, 0.3) is 0 Å². The Labute approximate surface area is 124 Å².